The van der Waals surface area contributed by atoms with Crippen LogP contribution in [0.2, 0.25) is 0 Å². The zero-order valence-corrected chi connectivity index (χ0v) is 13.9. The molecule has 23 heavy (non-hydrogen) atoms. The zero-order chi connectivity index (χ0) is 15.6. The Morgan fingerprint density at radius 1 is 1.26 bits per heavy atom. The topological polar surface area (TPSA) is 47.4 Å². The smallest absolute Gasteiger partial charge is 0.264 e. The van der Waals surface area contributed by atoms with Gasteiger partial charge in [0.25, 0.3) is 5.91 Å². The van der Waals surface area contributed by atoms with Crippen LogP contribution in [-0.4, -0.2) is 40.3 Å². The molecule has 2 aromatic rings. The number of ether oxygens (including phenoxy) is 1. The van der Waals surface area contributed by atoms with Crippen molar-refractivity contribution in [1.29, 1.82) is 0 Å². The van der Waals surface area contributed by atoms with Gasteiger partial charge in [-0.1, -0.05) is 6.07 Å². The molecule has 3 heterocycles. The standard InChI is InChI=1S/C17H21N3O2S/c21-17(16-2-1-7-23-16)19-8-14(12-22-11-13-3-4-13)9-20-15(10-19)5-6-18-20/h1-2,5-7,13-14H,3-4,8-12H2/t14-/m1/s1. The van der Waals surface area contributed by atoms with Crippen LogP contribution in [0.1, 0.15) is 28.2 Å². The van der Waals surface area contributed by atoms with Gasteiger partial charge in [-0.05, 0) is 36.3 Å². The SMILES string of the molecule is O=C(c1cccs1)N1Cc2ccnn2C[C@H](COCC2CC2)C1. The van der Waals surface area contributed by atoms with Crippen molar-refractivity contribution in [3.63, 3.8) is 0 Å². The maximum absolute atomic E-state index is 12.7. The molecular formula is C17H21N3O2S. The average Bonchev–Trinajstić information content (AvgIpc) is 3.07. The molecule has 122 valence electrons. The van der Waals surface area contributed by atoms with Gasteiger partial charge < -0.3 is 9.64 Å². The van der Waals surface area contributed by atoms with E-state index >= 15 is 0 Å². The number of hydrogen-bond donors (Lipinski definition) is 0. The fraction of sp³-hybridized carbons (Fsp3) is 0.529. The van der Waals surface area contributed by atoms with Gasteiger partial charge in [0, 0.05) is 31.8 Å². The van der Waals surface area contributed by atoms with Gasteiger partial charge in [0.1, 0.15) is 0 Å². The lowest BCUT2D eigenvalue weighted by Gasteiger charge is -2.23. The molecule has 6 heteroatoms. The highest BCUT2D eigenvalue weighted by Gasteiger charge is 2.28. The Balaban J connectivity index is 1.48. The average molecular weight is 331 g/mol. The van der Waals surface area contributed by atoms with Crippen molar-refractivity contribution in [2.45, 2.75) is 25.9 Å². The van der Waals surface area contributed by atoms with Crippen molar-refractivity contribution in [2.75, 3.05) is 19.8 Å². The molecule has 2 aliphatic rings. The van der Waals surface area contributed by atoms with E-state index < -0.39 is 0 Å². The minimum Gasteiger partial charge on any atom is -0.381 e. The normalized spacial score (nSPS) is 21.0. The third-order valence-corrected chi connectivity index (χ3v) is 5.35. The number of aromatic nitrogens is 2. The van der Waals surface area contributed by atoms with Crippen LogP contribution in [0.5, 0.6) is 0 Å². The van der Waals surface area contributed by atoms with E-state index in [1.165, 1.54) is 24.2 Å². The second-order valence-corrected chi connectivity index (χ2v) is 7.46. The van der Waals surface area contributed by atoms with Gasteiger partial charge in [-0.25, -0.2) is 0 Å². The first-order chi connectivity index (χ1) is 11.3. The fourth-order valence-corrected chi connectivity index (χ4v) is 3.73. The molecule has 0 aromatic carbocycles. The summed E-state index contributed by atoms with van der Waals surface area (Å²) in [5.41, 5.74) is 1.10. The molecule has 2 aromatic heterocycles. The second kappa shape index (κ2) is 6.45. The summed E-state index contributed by atoms with van der Waals surface area (Å²) in [5.74, 6) is 1.17. The van der Waals surface area contributed by atoms with Crippen molar-refractivity contribution < 1.29 is 9.53 Å². The monoisotopic (exact) mass is 331 g/mol. The van der Waals surface area contributed by atoms with E-state index in [0.29, 0.717) is 19.1 Å². The van der Waals surface area contributed by atoms with Gasteiger partial charge in [0.05, 0.1) is 23.7 Å². The summed E-state index contributed by atoms with van der Waals surface area (Å²) in [7, 11) is 0. The number of carbonyl (C=O) groups excluding carboxylic acids is 1. The number of fused-ring (bicyclic) bond motifs is 1. The number of rotatable bonds is 5. The molecule has 1 fully saturated rings. The maximum Gasteiger partial charge on any atom is 0.264 e. The van der Waals surface area contributed by atoms with Crippen molar-refractivity contribution in [1.82, 2.24) is 14.7 Å². The third-order valence-electron chi connectivity index (χ3n) is 4.49. The Hall–Kier alpha value is -1.66. The van der Waals surface area contributed by atoms with E-state index in [1.807, 2.05) is 39.4 Å². The molecule has 5 nitrogen and oxygen atoms in total. The highest BCUT2D eigenvalue weighted by Crippen LogP contribution is 2.29. The van der Waals surface area contributed by atoms with Crippen LogP contribution in [0.3, 0.4) is 0 Å². The Morgan fingerprint density at radius 2 is 2.13 bits per heavy atom. The number of carbonyl (C=O) groups is 1. The Bertz CT molecular complexity index is 663. The van der Waals surface area contributed by atoms with Crippen LogP contribution in [0.15, 0.2) is 29.8 Å². The Labute approximate surface area is 139 Å². The van der Waals surface area contributed by atoms with Crippen LogP contribution < -0.4 is 0 Å². The van der Waals surface area contributed by atoms with Crippen molar-refractivity contribution >= 4 is 17.2 Å². The van der Waals surface area contributed by atoms with Crippen LogP contribution in [0.4, 0.5) is 0 Å². The summed E-state index contributed by atoms with van der Waals surface area (Å²) in [6.45, 7) is 3.73. The molecule has 0 saturated heterocycles. The van der Waals surface area contributed by atoms with Gasteiger partial charge in [-0.15, -0.1) is 11.3 Å². The molecule has 1 saturated carbocycles. The maximum atomic E-state index is 12.7. The third kappa shape index (κ3) is 3.48. The number of thiophene rings is 1. The molecule has 0 unspecified atom stereocenters. The van der Waals surface area contributed by atoms with E-state index in [1.54, 1.807) is 0 Å². The highest BCUT2D eigenvalue weighted by molar-refractivity contribution is 7.12. The second-order valence-electron chi connectivity index (χ2n) is 6.51. The molecule has 1 aliphatic heterocycles. The van der Waals surface area contributed by atoms with Gasteiger partial charge in [0.2, 0.25) is 0 Å². The van der Waals surface area contributed by atoms with Crippen LogP contribution >= 0.6 is 11.3 Å². The molecule has 0 radical (unpaired) electrons. The summed E-state index contributed by atoms with van der Waals surface area (Å²) in [4.78, 5) is 15.5. The van der Waals surface area contributed by atoms with Gasteiger partial charge in [0.15, 0.2) is 0 Å². The van der Waals surface area contributed by atoms with E-state index in [9.17, 15) is 4.79 Å². The van der Waals surface area contributed by atoms with E-state index in [-0.39, 0.29) is 5.91 Å². The van der Waals surface area contributed by atoms with Crippen LogP contribution in [0.25, 0.3) is 0 Å². The predicted octanol–water partition coefficient (Wildman–Crippen LogP) is 2.64. The molecule has 0 bridgehead atoms. The molecule has 1 aliphatic carbocycles. The lowest BCUT2D eigenvalue weighted by molar-refractivity contribution is 0.0571. The Kier molecular flexibility index (Phi) is 4.18. The predicted molar refractivity (Wildman–Crippen MR) is 88.3 cm³/mol. The van der Waals surface area contributed by atoms with Crippen LogP contribution in [-0.2, 0) is 17.8 Å². The molecule has 1 atom stereocenters. The van der Waals surface area contributed by atoms with Crippen LogP contribution in [0, 0.1) is 11.8 Å². The van der Waals surface area contributed by atoms with Crippen molar-refractivity contribution in [2.24, 2.45) is 11.8 Å². The summed E-state index contributed by atoms with van der Waals surface area (Å²) in [5, 5.41) is 6.35. The number of hydrogen-bond acceptors (Lipinski definition) is 4. The van der Waals surface area contributed by atoms with Gasteiger partial charge in [-0.3, -0.25) is 9.48 Å². The lowest BCUT2D eigenvalue weighted by atomic mass is 10.1. The first kappa shape index (κ1) is 14.9. The minimum atomic E-state index is 0.113. The lowest BCUT2D eigenvalue weighted by Crippen LogP contribution is -2.35. The Morgan fingerprint density at radius 3 is 2.91 bits per heavy atom. The fourth-order valence-electron chi connectivity index (χ4n) is 3.03. The minimum absolute atomic E-state index is 0.113. The first-order valence-electron chi connectivity index (χ1n) is 8.21. The number of amides is 1. The summed E-state index contributed by atoms with van der Waals surface area (Å²) in [6.07, 6.45) is 4.42. The largest absolute Gasteiger partial charge is 0.381 e. The van der Waals surface area contributed by atoms with E-state index in [4.69, 9.17) is 4.74 Å². The van der Waals surface area contributed by atoms with Gasteiger partial charge in [-0.2, -0.15) is 5.10 Å². The molecular weight excluding hydrogens is 310 g/mol. The summed E-state index contributed by atoms with van der Waals surface area (Å²) in [6, 6.07) is 5.83. The van der Waals surface area contributed by atoms with Crippen molar-refractivity contribution in [3.05, 3.63) is 40.3 Å². The zero-order valence-electron chi connectivity index (χ0n) is 13.1. The number of nitrogens with zero attached hydrogens (tertiary/aromatic N) is 3. The highest BCUT2D eigenvalue weighted by atomic mass is 32.1. The molecule has 0 spiro atoms. The first-order valence-corrected chi connectivity index (χ1v) is 9.09. The van der Waals surface area contributed by atoms with Gasteiger partial charge >= 0.3 is 0 Å². The molecule has 4 rings (SSSR count). The van der Waals surface area contributed by atoms with E-state index in [0.717, 1.165) is 36.2 Å². The molecule has 0 N–H and O–H groups in total. The summed E-state index contributed by atoms with van der Waals surface area (Å²) >= 11 is 1.50. The quantitative estimate of drug-likeness (QED) is 0.846. The van der Waals surface area contributed by atoms with E-state index in [2.05, 4.69) is 5.10 Å². The summed E-state index contributed by atoms with van der Waals surface area (Å²) < 4.78 is 7.91. The van der Waals surface area contributed by atoms with Crippen molar-refractivity contribution in [3.8, 4) is 0 Å². The molecule has 1 amide bonds.